The molecule has 7 heteroatoms. The summed E-state index contributed by atoms with van der Waals surface area (Å²) in [5.41, 5.74) is 4.88. The number of hydrogen-bond donors (Lipinski definition) is 2. The second-order valence-corrected chi connectivity index (χ2v) is 5.80. The van der Waals surface area contributed by atoms with Crippen LogP contribution in [0, 0.1) is 0 Å². The Labute approximate surface area is 141 Å². The first-order valence-corrected chi connectivity index (χ1v) is 7.74. The fourth-order valence-corrected chi connectivity index (χ4v) is 2.37. The van der Waals surface area contributed by atoms with Gasteiger partial charge in [0, 0.05) is 22.4 Å². The average molecular weight is 372 g/mol. The number of hydrogen-bond acceptors (Lipinski definition) is 3. The molecule has 6 nitrogen and oxygen atoms in total. The number of carbonyl (C=O) groups excluding carboxylic acids is 1. The zero-order valence-electron chi connectivity index (χ0n) is 12.1. The number of hydrazone groups is 1. The van der Waals surface area contributed by atoms with Crippen LogP contribution in [0.25, 0.3) is 0 Å². The van der Waals surface area contributed by atoms with E-state index in [1.807, 2.05) is 41.2 Å². The van der Waals surface area contributed by atoms with Crippen LogP contribution in [-0.2, 0) is 6.54 Å². The minimum atomic E-state index is -0.302. The molecule has 2 heterocycles. The Morgan fingerprint density at radius 1 is 1.39 bits per heavy atom. The molecule has 0 atom stereocenters. The summed E-state index contributed by atoms with van der Waals surface area (Å²) in [5, 5.41) is 8.21. The lowest BCUT2D eigenvalue weighted by molar-refractivity contribution is 0.0951. The number of aromatic nitrogens is 3. The van der Waals surface area contributed by atoms with E-state index in [4.69, 9.17) is 0 Å². The first-order valence-electron chi connectivity index (χ1n) is 6.94. The lowest BCUT2D eigenvalue weighted by Gasteiger charge is -2.00. The summed E-state index contributed by atoms with van der Waals surface area (Å²) < 4.78 is 2.63. The van der Waals surface area contributed by atoms with Gasteiger partial charge in [0.25, 0.3) is 5.91 Å². The largest absolute Gasteiger partial charge is 0.356 e. The molecule has 1 amide bonds. The van der Waals surface area contributed by atoms with Crippen LogP contribution in [0.5, 0.6) is 0 Å². The molecule has 3 aromatic rings. The molecule has 2 N–H and O–H groups in total. The van der Waals surface area contributed by atoms with Crippen LogP contribution in [0.1, 0.15) is 21.6 Å². The van der Waals surface area contributed by atoms with E-state index < -0.39 is 0 Å². The molecule has 0 aliphatic rings. The summed E-state index contributed by atoms with van der Waals surface area (Å²) in [6.07, 6.45) is 6.81. The molecule has 23 heavy (non-hydrogen) atoms. The van der Waals surface area contributed by atoms with Crippen LogP contribution in [0.2, 0.25) is 0 Å². The Balaban J connectivity index is 1.57. The maximum atomic E-state index is 11.8. The molecule has 0 fully saturated rings. The number of benzene rings is 1. The van der Waals surface area contributed by atoms with Crippen molar-refractivity contribution in [2.75, 3.05) is 0 Å². The summed E-state index contributed by atoms with van der Waals surface area (Å²) in [6, 6.07) is 11.7. The first-order chi connectivity index (χ1) is 11.2. The normalized spacial score (nSPS) is 11.0. The molecule has 0 bridgehead atoms. The number of aromatic amines is 1. The smallest absolute Gasteiger partial charge is 0.287 e. The molecule has 0 saturated heterocycles. The lowest BCUT2D eigenvalue weighted by Crippen LogP contribution is -2.17. The summed E-state index contributed by atoms with van der Waals surface area (Å²) in [4.78, 5) is 14.6. The number of rotatable bonds is 5. The molecule has 116 valence electrons. The summed E-state index contributed by atoms with van der Waals surface area (Å²) >= 11 is 3.27. The van der Waals surface area contributed by atoms with E-state index in [1.54, 1.807) is 24.7 Å². The monoisotopic (exact) mass is 371 g/mol. The molecule has 0 saturated carbocycles. The predicted octanol–water partition coefficient (Wildman–Crippen LogP) is 2.79. The van der Waals surface area contributed by atoms with Crippen molar-refractivity contribution in [2.24, 2.45) is 5.10 Å². The van der Waals surface area contributed by atoms with Crippen molar-refractivity contribution in [3.8, 4) is 0 Å². The third-order valence-corrected chi connectivity index (χ3v) is 3.57. The van der Waals surface area contributed by atoms with Gasteiger partial charge in [0.2, 0.25) is 0 Å². The van der Waals surface area contributed by atoms with E-state index in [-0.39, 0.29) is 5.91 Å². The Kier molecular flexibility index (Phi) is 4.68. The number of nitrogens with zero attached hydrogens (tertiary/aromatic N) is 3. The second kappa shape index (κ2) is 7.06. The second-order valence-electron chi connectivity index (χ2n) is 4.89. The molecule has 0 aliphatic heterocycles. The fraction of sp³-hybridized carbons (Fsp3) is 0.0625. The van der Waals surface area contributed by atoms with Gasteiger partial charge in [-0.15, -0.1) is 0 Å². The average Bonchev–Trinajstić information content (AvgIpc) is 3.17. The van der Waals surface area contributed by atoms with Crippen LogP contribution in [0.15, 0.2) is 64.6 Å². The number of halogens is 1. The van der Waals surface area contributed by atoms with E-state index in [0.29, 0.717) is 12.2 Å². The Morgan fingerprint density at radius 2 is 2.22 bits per heavy atom. The fourth-order valence-electron chi connectivity index (χ4n) is 2.03. The van der Waals surface area contributed by atoms with Crippen LogP contribution in [-0.4, -0.2) is 26.9 Å². The zero-order valence-corrected chi connectivity index (χ0v) is 13.7. The molecular weight excluding hydrogens is 358 g/mol. The van der Waals surface area contributed by atoms with Gasteiger partial charge in [-0.05, 0) is 27.6 Å². The summed E-state index contributed by atoms with van der Waals surface area (Å²) in [6.45, 7) is 0.692. The number of nitrogens with one attached hydrogen (secondary N) is 2. The summed E-state index contributed by atoms with van der Waals surface area (Å²) in [7, 11) is 0. The number of H-pyrrole nitrogens is 1. The Bertz CT molecular complexity index is 822. The van der Waals surface area contributed by atoms with Crippen LogP contribution in [0.3, 0.4) is 0 Å². The van der Waals surface area contributed by atoms with Crippen LogP contribution >= 0.6 is 15.9 Å². The summed E-state index contributed by atoms with van der Waals surface area (Å²) in [5.74, 6) is -0.302. The van der Waals surface area contributed by atoms with Gasteiger partial charge in [-0.25, -0.2) is 5.43 Å². The maximum absolute atomic E-state index is 11.8. The molecule has 3 rings (SSSR count). The van der Waals surface area contributed by atoms with Crippen LogP contribution in [0.4, 0.5) is 0 Å². The topological polar surface area (TPSA) is 75.1 Å². The highest BCUT2D eigenvalue weighted by Crippen LogP contribution is 2.10. The van der Waals surface area contributed by atoms with Gasteiger partial charge in [-0.2, -0.15) is 10.2 Å². The molecule has 0 unspecified atom stereocenters. The van der Waals surface area contributed by atoms with Gasteiger partial charge in [0.1, 0.15) is 5.69 Å². The van der Waals surface area contributed by atoms with Gasteiger partial charge in [-0.3, -0.25) is 9.48 Å². The van der Waals surface area contributed by atoms with Crippen molar-refractivity contribution in [1.82, 2.24) is 20.2 Å². The SMILES string of the molecule is O=C(N/N=C\c1cnn(Cc2ccccc2)c1)c1cc(Br)c[nH]1. The van der Waals surface area contributed by atoms with Gasteiger partial charge in [-0.1, -0.05) is 30.3 Å². The van der Waals surface area contributed by atoms with Crippen molar-refractivity contribution in [3.05, 3.63) is 76.3 Å². The lowest BCUT2D eigenvalue weighted by atomic mass is 10.2. The molecule has 0 radical (unpaired) electrons. The van der Waals surface area contributed by atoms with Gasteiger partial charge >= 0.3 is 0 Å². The van der Waals surface area contributed by atoms with E-state index in [1.165, 1.54) is 5.56 Å². The van der Waals surface area contributed by atoms with Crippen molar-refractivity contribution in [1.29, 1.82) is 0 Å². The van der Waals surface area contributed by atoms with Gasteiger partial charge in [0.05, 0.1) is 19.0 Å². The quantitative estimate of drug-likeness (QED) is 0.534. The standard InChI is InChI=1S/C16H14BrN5O/c17-14-6-15(18-9-14)16(23)21-19-7-13-8-20-22(11-13)10-12-4-2-1-3-5-12/h1-9,11,18H,10H2,(H,21,23)/b19-7-. The van der Waals surface area contributed by atoms with Gasteiger partial charge < -0.3 is 4.98 Å². The molecular formula is C16H14BrN5O. The third-order valence-electron chi connectivity index (χ3n) is 3.11. The highest BCUT2D eigenvalue weighted by molar-refractivity contribution is 9.10. The van der Waals surface area contributed by atoms with E-state index >= 15 is 0 Å². The van der Waals surface area contributed by atoms with Crippen molar-refractivity contribution >= 4 is 28.1 Å². The van der Waals surface area contributed by atoms with Crippen molar-refractivity contribution < 1.29 is 4.79 Å². The molecule has 0 aliphatic carbocycles. The van der Waals surface area contributed by atoms with E-state index in [9.17, 15) is 4.79 Å². The molecule has 1 aromatic carbocycles. The first kappa shape index (κ1) is 15.2. The number of carbonyl (C=O) groups is 1. The van der Waals surface area contributed by atoms with Crippen LogP contribution < -0.4 is 5.43 Å². The highest BCUT2D eigenvalue weighted by Gasteiger charge is 2.06. The number of amides is 1. The molecule has 2 aromatic heterocycles. The van der Waals surface area contributed by atoms with E-state index in [0.717, 1.165) is 10.0 Å². The van der Waals surface area contributed by atoms with Crippen molar-refractivity contribution in [3.63, 3.8) is 0 Å². The zero-order chi connectivity index (χ0) is 16.1. The highest BCUT2D eigenvalue weighted by atomic mass is 79.9. The predicted molar refractivity (Wildman–Crippen MR) is 91.3 cm³/mol. The van der Waals surface area contributed by atoms with E-state index in [2.05, 4.69) is 36.5 Å². The minimum absolute atomic E-state index is 0.302. The third kappa shape index (κ3) is 4.17. The Hall–Kier alpha value is -2.67. The minimum Gasteiger partial charge on any atom is -0.356 e. The maximum Gasteiger partial charge on any atom is 0.287 e. The van der Waals surface area contributed by atoms with Gasteiger partial charge in [0.15, 0.2) is 0 Å². The molecule has 0 spiro atoms. The van der Waals surface area contributed by atoms with Crippen molar-refractivity contribution in [2.45, 2.75) is 6.54 Å². The Morgan fingerprint density at radius 3 is 2.96 bits per heavy atom.